The van der Waals surface area contributed by atoms with E-state index in [0.717, 1.165) is 0 Å². The summed E-state index contributed by atoms with van der Waals surface area (Å²) < 4.78 is 0. The fraction of sp³-hybridized carbons (Fsp3) is 0. The molecule has 5 heteroatoms. The zero-order valence-corrected chi connectivity index (χ0v) is 27.5. The first kappa shape index (κ1) is 28.5. The van der Waals surface area contributed by atoms with Crippen LogP contribution in [0.3, 0.4) is 0 Å². The van der Waals surface area contributed by atoms with E-state index in [1.54, 1.807) is 0 Å². The van der Waals surface area contributed by atoms with Gasteiger partial charge >= 0.3 is 256 Å². The molecule has 0 saturated carbocycles. The molecule has 0 saturated heterocycles. The van der Waals surface area contributed by atoms with Crippen molar-refractivity contribution in [3.05, 3.63) is 182 Å². The van der Waals surface area contributed by atoms with Crippen molar-refractivity contribution in [1.29, 1.82) is 0 Å². The number of rotatable bonds is 8. The molecule has 0 aromatic heterocycles. The topological polar surface area (TPSA) is 0 Å². The van der Waals surface area contributed by atoms with Crippen LogP contribution in [0.4, 0.5) is 0 Å². The predicted octanol–water partition coefficient (Wildman–Crippen LogP) is 7.73. The molecule has 0 heterocycles. The normalized spacial score (nSPS) is 13.3. The summed E-state index contributed by atoms with van der Waals surface area (Å²) in [6.07, 6.45) is 0. The Balaban J connectivity index is 1.86. The van der Waals surface area contributed by atoms with Crippen LogP contribution in [0.1, 0.15) is 0 Å². The van der Waals surface area contributed by atoms with Crippen LogP contribution < -0.4 is 31.8 Å². The van der Waals surface area contributed by atoms with E-state index in [2.05, 4.69) is 182 Å². The first-order valence-electron chi connectivity index (χ1n) is 13.5. The number of hydrogen-bond acceptors (Lipinski definition) is 0. The van der Waals surface area contributed by atoms with Crippen molar-refractivity contribution in [2.45, 2.75) is 0 Å². The number of halogens is 2. The second kappa shape index (κ2) is 12.3. The minimum absolute atomic E-state index is 1.25. The van der Waals surface area contributed by atoms with Gasteiger partial charge in [-0.2, -0.15) is 0 Å². The van der Waals surface area contributed by atoms with Crippen LogP contribution in [-0.2, 0) is 12.5 Å². The van der Waals surface area contributed by atoms with Crippen molar-refractivity contribution < 1.29 is 12.5 Å². The molecule has 6 aromatic carbocycles. The zero-order chi connectivity index (χ0) is 28.2. The monoisotopic (exact) mass is 702 g/mol. The molecule has 212 valence electrons. The Morgan fingerprint density at radius 3 is 0.561 bits per heavy atom. The summed E-state index contributed by atoms with van der Waals surface area (Å²) in [6, 6.07) is 65.4. The summed E-state index contributed by atoms with van der Waals surface area (Å²) in [5, 5.41) is 7.49. The Kier molecular flexibility index (Phi) is 8.59. The van der Waals surface area contributed by atoms with Gasteiger partial charge in [-0.25, -0.2) is 0 Å². The summed E-state index contributed by atoms with van der Waals surface area (Å²) in [7, 11) is 17.3. The fourth-order valence-corrected chi connectivity index (χ4v) is 61.5. The maximum absolute atomic E-state index is 8.63. The third-order valence-corrected chi connectivity index (χ3v) is 53.3. The second-order valence-corrected chi connectivity index (χ2v) is 41.7. The van der Waals surface area contributed by atoms with Crippen LogP contribution in [0, 0.1) is 0 Å². The van der Waals surface area contributed by atoms with Crippen molar-refractivity contribution >= 4 is 61.8 Å². The molecule has 6 rings (SSSR count). The third-order valence-electron chi connectivity index (χ3n) is 7.52. The molecule has 0 unspecified atom stereocenters. The fourth-order valence-electron chi connectivity index (χ4n) is 5.81. The Morgan fingerprint density at radius 1 is 0.268 bits per heavy atom. The van der Waals surface area contributed by atoms with Crippen molar-refractivity contribution in [3.8, 4) is 0 Å². The minimum atomic E-state index is -3.67. The Labute approximate surface area is 254 Å². The molecule has 0 aliphatic carbocycles. The van der Waals surface area contributed by atoms with E-state index in [4.69, 9.17) is 19.1 Å². The predicted molar refractivity (Wildman–Crippen MR) is 185 cm³/mol. The SMILES string of the molecule is [Cl][Pd-2]([Cl])([PH](c1ccccc1)(c1ccccc1)c1ccccc1)[PH](c1ccccc1)(c1ccccc1)c1ccccc1. The van der Waals surface area contributed by atoms with Crippen molar-refractivity contribution in [3.63, 3.8) is 0 Å². The second-order valence-electron chi connectivity index (χ2n) is 9.78. The molecule has 0 fully saturated rings. The van der Waals surface area contributed by atoms with Crippen LogP contribution in [0.25, 0.3) is 0 Å². The molecular formula is C36H32Cl2P2Pd-2. The van der Waals surface area contributed by atoms with Gasteiger partial charge in [-0.05, 0) is 0 Å². The van der Waals surface area contributed by atoms with E-state index in [1.807, 2.05) is 0 Å². The van der Waals surface area contributed by atoms with Gasteiger partial charge in [0, 0.05) is 0 Å². The molecule has 0 aliphatic heterocycles. The van der Waals surface area contributed by atoms with Gasteiger partial charge in [0.15, 0.2) is 0 Å². The third kappa shape index (κ3) is 4.75. The Bertz CT molecular complexity index is 1360. The summed E-state index contributed by atoms with van der Waals surface area (Å²) in [6.45, 7) is 0. The average Bonchev–Trinajstić information content (AvgIpc) is 3.05. The van der Waals surface area contributed by atoms with E-state index < -0.39 is 23.4 Å². The van der Waals surface area contributed by atoms with Gasteiger partial charge in [-0.3, -0.25) is 0 Å². The standard InChI is InChI=1S/2C18H15P.2ClH.Pd/c2*1-4-10-16(11-5-1)19(17-12-6-2-7-13-17)18-14-8-3-9-15-18;;;/h2*1-15H;2*1H;/q;;;;-2. The molecule has 0 nitrogen and oxygen atoms in total. The van der Waals surface area contributed by atoms with Gasteiger partial charge in [0.1, 0.15) is 0 Å². The van der Waals surface area contributed by atoms with Gasteiger partial charge in [-0.1, -0.05) is 0 Å². The quantitative estimate of drug-likeness (QED) is 0.113. The molecule has 41 heavy (non-hydrogen) atoms. The van der Waals surface area contributed by atoms with Gasteiger partial charge in [-0.15, -0.1) is 0 Å². The Morgan fingerprint density at radius 2 is 0.415 bits per heavy atom. The van der Waals surface area contributed by atoms with Gasteiger partial charge < -0.3 is 0 Å². The average molecular weight is 704 g/mol. The van der Waals surface area contributed by atoms with Gasteiger partial charge in [0.05, 0.1) is 0 Å². The first-order valence-corrected chi connectivity index (χ1v) is 25.8. The summed E-state index contributed by atoms with van der Waals surface area (Å²) in [5.74, 6) is 0. The molecule has 0 bridgehead atoms. The molecule has 0 radical (unpaired) electrons. The van der Waals surface area contributed by atoms with Crippen LogP contribution in [0.15, 0.2) is 182 Å². The van der Waals surface area contributed by atoms with Crippen LogP contribution in [-0.4, -0.2) is 0 Å². The maximum atomic E-state index is 8.63. The molecule has 0 spiro atoms. The molecule has 0 N–H and O–H groups in total. The van der Waals surface area contributed by atoms with Crippen LogP contribution in [0.2, 0.25) is 0 Å². The van der Waals surface area contributed by atoms with E-state index in [0.29, 0.717) is 0 Å². The van der Waals surface area contributed by atoms with E-state index >= 15 is 0 Å². The van der Waals surface area contributed by atoms with Gasteiger partial charge in [0.2, 0.25) is 0 Å². The van der Waals surface area contributed by atoms with Crippen molar-refractivity contribution in [1.82, 2.24) is 0 Å². The summed E-state index contributed by atoms with van der Waals surface area (Å²) >= 11 is -3.67. The summed E-state index contributed by atoms with van der Waals surface area (Å²) in [4.78, 5) is 0. The van der Waals surface area contributed by atoms with Gasteiger partial charge in [0.25, 0.3) is 0 Å². The zero-order valence-electron chi connectivity index (χ0n) is 22.4. The van der Waals surface area contributed by atoms with Crippen LogP contribution >= 0.6 is 30.0 Å². The van der Waals surface area contributed by atoms with E-state index in [-0.39, 0.29) is 0 Å². The van der Waals surface area contributed by atoms with Crippen molar-refractivity contribution in [2.75, 3.05) is 0 Å². The van der Waals surface area contributed by atoms with E-state index in [1.165, 1.54) is 31.8 Å². The van der Waals surface area contributed by atoms with Crippen LogP contribution in [0.5, 0.6) is 0 Å². The summed E-state index contributed by atoms with van der Waals surface area (Å²) in [5.41, 5.74) is -6.19. The number of benzene rings is 6. The van der Waals surface area contributed by atoms with E-state index in [9.17, 15) is 0 Å². The molecule has 6 aromatic rings. The Hall–Kier alpha value is -2.58. The molecular weight excluding hydrogens is 672 g/mol. The number of hydrogen-bond donors (Lipinski definition) is 0. The molecule has 0 atom stereocenters. The first-order chi connectivity index (χ1) is 20.1. The molecule has 0 amide bonds. The molecule has 0 aliphatic rings. The van der Waals surface area contributed by atoms with Crippen molar-refractivity contribution in [2.24, 2.45) is 0 Å².